The van der Waals surface area contributed by atoms with Crippen molar-refractivity contribution in [1.82, 2.24) is 0 Å². The lowest BCUT2D eigenvalue weighted by Crippen LogP contribution is -2.58. The standard InChI is InChI=1S/C14H22O4/c1-10(2)11(15)14(12(16)17-3)8-13(9-14)4-6-18-7-5-13/h10H,4-9H2,1-3H3. The van der Waals surface area contributed by atoms with E-state index in [2.05, 4.69) is 0 Å². The van der Waals surface area contributed by atoms with Crippen LogP contribution in [-0.2, 0) is 19.1 Å². The number of carbonyl (C=O) groups excluding carboxylic acids is 2. The fourth-order valence-corrected chi connectivity index (χ4v) is 3.55. The molecule has 0 N–H and O–H groups in total. The Morgan fingerprint density at radius 1 is 1.17 bits per heavy atom. The van der Waals surface area contributed by atoms with Crippen molar-refractivity contribution in [1.29, 1.82) is 0 Å². The van der Waals surface area contributed by atoms with Gasteiger partial charge in [0.15, 0.2) is 5.78 Å². The van der Waals surface area contributed by atoms with Crippen molar-refractivity contribution >= 4 is 11.8 Å². The van der Waals surface area contributed by atoms with E-state index in [9.17, 15) is 9.59 Å². The quantitative estimate of drug-likeness (QED) is 0.570. The van der Waals surface area contributed by atoms with E-state index in [-0.39, 0.29) is 23.1 Å². The first kappa shape index (κ1) is 13.5. The minimum atomic E-state index is -0.875. The van der Waals surface area contributed by atoms with Crippen LogP contribution >= 0.6 is 0 Å². The van der Waals surface area contributed by atoms with Crippen LogP contribution in [0.5, 0.6) is 0 Å². The van der Waals surface area contributed by atoms with E-state index in [4.69, 9.17) is 9.47 Å². The topological polar surface area (TPSA) is 52.6 Å². The fraction of sp³-hybridized carbons (Fsp3) is 0.857. The second-order valence-corrected chi connectivity index (χ2v) is 6.06. The third-order valence-electron chi connectivity index (χ3n) is 4.48. The molecule has 102 valence electrons. The van der Waals surface area contributed by atoms with Gasteiger partial charge in [0, 0.05) is 19.1 Å². The molecule has 0 aromatic carbocycles. The zero-order valence-corrected chi connectivity index (χ0v) is 11.5. The molecular formula is C14H22O4. The van der Waals surface area contributed by atoms with Gasteiger partial charge in [-0.05, 0) is 31.1 Å². The van der Waals surface area contributed by atoms with Gasteiger partial charge in [-0.3, -0.25) is 9.59 Å². The minimum absolute atomic E-state index is 0.0338. The van der Waals surface area contributed by atoms with Crippen LogP contribution in [0.1, 0.15) is 39.5 Å². The normalized spacial score (nSPS) is 24.7. The highest BCUT2D eigenvalue weighted by Gasteiger charge is 2.63. The fourth-order valence-electron chi connectivity index (χ4n) is 3.55. The number of esters is 1. The number of hydrogen-bond donors (Lipinski definition) is 0. The van der Waals surface area contributed by atoms with Crippen LogP contribution in [0.15, 0.2) is 0 Å². The van der Waals surface area contributed by atoms with Crippen LogP contribution in [0, 0.1) is 16.7 Å². The van der Waals surface area contributed by atoms with Gasteiger partial charge in [-0.15, -0.1) is 0 Å². The van der Waals surface area contributed by atoms with Gasteiger partial charge in [-0.2, -0.15) is 0 Å². The summed E-state index contributed by atoms with van der Waals surface area (Å²) in [6, 6.07) is 0. The Morgan fingerprint density at radius 2 is 1.72 bits per heavy atom. The zero-order chi connectivity index (χ0) is 13.4. The third kappa shape index (κ3) is 1.96. The van der Waals surface area contributed by atoms with Gasteiger partial charge in [0.05, 0.1) is 7.11 Å². The van der Waals surface area contributed by atoms with E-state index in [0.29, 0.717) is 12.8 Å². The van der Waals surface area contributed by atoms with Crippen molar-refractivity contribution in [3.8, 4) is 0 Å². The molecule has 1 heterocycles. The van der Waals surface area contributed by atoms with Gasteiger partial charge in [-0.25, -0.2) is 0 Å². The van der Waals surface area contributed by atoms with Crippen LogP contribution in [0.25, 0.3) is 0 Å². The van der Waals surface area contributed by atoms with E-state index in [1.54, 1.807) is 0 Å². The number of Topliss-reactive ketones (excluding diaryl/α,β-unsaturated/α-hetero) is 1. The summed E-state index contributed by atoms with van der Waals surface area (Å²) in [4.78, 5) is 24.4. The Kier molecular flexibility index (Phi) is 3.49. The highest BCUT2D eigenvalue weighted by atomic mass is 16.5. The van der Waals surface area contributed by atoms with E-state index < -0.39 is 5.41 Å². The molecule has 2 rings (SSSR count). The summed E-state index contributed by atoms with van der Waals surface area (Å²) in [6.07, 6.45) is 3.20. The highest BCUT2D eigenvalue weighted by molar-refractivity contribution is 6.05. The third-order valence-corrected chi connectivity index (χ3v) is 4.48. The van der Waals surface area contributed by atoms with Gasteiger partial charge in [0.25, 0.3) is 0 Å². The SMILES string of the molecule is COC(=O)C1(C(=O)C(C)C)CC2(CCOCC2)C1. The maximum atomic E-state index is 12.3. The van der Waals surface area contributed by atoms with Crippen molar-refractivity contribution in [3.63, 3.8) is 0 Å². The molecule has 0 amide bonds. The average Bonchev–Trinajstić information content (AvgIpc) is 2.34. The summed E-state index contributed by atoms with van der Waals surface area (Å²) in [5.74, 6) is -0.439. The number of ketones is 1. The van der Waals surface area contributed by atoms with Crippen molar-refractivity contribution < 1.29 is 19.1 Å². The van der Waals surface area contributed by atoms with Crippen molar-refractivity contribution in [2.24, 2.45) is 16.7 Å². The van der Waals surface area contributed by atoms with Crippen molar-refractivity contribution in [2.45, 2.75) is 39.5 Å². The summed E-state index contributed by atoms with van der Waals surface area (Å²) < 4.78 is 10.2. The van der Waals surface area contributed by atoms with Gasteiger partial charge >= 0.3 is 5.97 Å². The second kappa shape index (κ2) is 4.65. The predicted octanol–water partition coefficient (Wildman–Crippen LogP) is 1.96. The van der Waals surface area contributed by atoms with Crippen molar-refractivity contribution in [2.75, 3.05) is 20.3 Å². The molecular weight excluding hydrogens is 232 g/mol. The number of rotatable bonds is 3. The summed E-state index contributed by atoms with van der Waals surface area (Å²) in [5.41, 5.74) is -0.739. The first-order valence-corrected chi connectivity index (χ1v) is 6.66. The maximum absolute atomic E-state index is 12.3. The molecule has 0 bridgehead atoms. The first-order valence-electron chi connectivity index (χ1n) is 6.66. The molecule has 0 unspecified atom stereocenters. The van der Waals surface area contributed by atoms with Crippen LogP contribution in [0.3, 0.4) is 0 Å². The Bertz CT molecular complexity index is 345. The second-order valence-electron chi connectivity index (χ2n) is 6.06. The lowest BCUT2D eigenvalue weighted by Gasteiger charge is -2.55. The van der Waals surface area contributed by atoms with Crippen LogP contribution in [0.4, 0.5) is 0 Å². The molecule has 0 aromatic rings. The van der Waals surface area contributed by atoms with E-state index in [0.717, 1.165) is 26.1 Å². The summed E-state index contributed by atoms with van der Waals surface area (Å²) >= 11 is 0. The highest BCUT2D eigenvalue weighted by Crippen LogP contribution is 2.60. The predicted molar refractivity (Wildman–Crippen MR) is 66.0 cm³/mol. The zero-order valence-electron chi connectivity index (χ0n) is 11.5. The van der Waals surface area contributed by atoms with Crippen molar-refractivity contribution in [3.05, 3.63) is 0 Å². The molecule has 2 aliphatic rings. The smallest absolute Gasteiger partial charge is 0.319 e. The molecule has 1 saturated heterocycles. The Balaban J connectivity index is 2.16. The Labute approximate surface area is 108 Å². The van der Waals surface area contributed by atoms with E-state index >= 15 is 0 Å². The summed E-state index contributed by atoms with van der Waals surface area (Å²) in [6.45, 7) is 5.18. The average molecular weight is 254 g/mol. The maximum Gasteiger partial charge on any atom is 0.319 e. The molecule has 4 nitrogen and oxygen atoms in total. The Morgan fingerprint density at radius 3 is 2.17 bits per heavy atom. The van der Waals surface area contributed by atoms with Crippen LogP contribution in [-0.4, -0.2) is 32.1 Å². The molecule has 1 aliphatic carbocycles. The Hall–Kier alpha value is -0.900. The van der Waals surface area contributed by atoms with E-state index in [1.165, 1.54) is 7.11 Å². The molecule has 1 spiro atoms. The monoisotopic (exact) mass is 254 g/mol. The van der Waals surface area contributed by atoms with Gasteiger partial charge in [0.1, 0.15) is 5.41 Å². The van der Waals surface area contributed by atoms with Gasteiger partial charge in [0.2, 0.25) is 0 Å². The molecule has 18 heavy (non-hydrogen) atoms. The molecule has 0 aromatic heterocycles. The van der Waals surface area contributed by atoms with Gasteiger partial charge < -0.3 is 9.47 Å². The molecule has 4 heteroatoms. The molecule has 1 aliphatic heterocycles. The van der Waals surface area contributed by atoms with Crippen LogP contribution in [0.2, 0.25) is 0 Å². The molecule has 0 radical (unpaired) electrons. The number of methoxy groups -OCH3 is 1. The largest absolute Gasteiger partial charge is 0.468 e. The lowest BCUT2D eigenvalue weighted by molar-refractivity contribution is -0.184. The number of carbonyl (C=O) groups is 2. The van der Waals surface area contributed by atoms with Gasteiger partial charge in [-0.1, -0.05) is 13.8 Å². The molecule has 1 saturated carbocycles. The molecule has 2 fully saturated rings. The minimum Gasteiger partial charge on any atom is -0.468 e. The summed E-state index contributed by atoms with van der Waals surface area (Å²) in [5, 5.41) is 0. The first-order chi connectivity index (χ1) is 8.46. The number of hydrogen-bond acceptors (Lipinski definition) is 4. The van der Waals surface area contributed by atoms with Crippen LogP contribution < -0.4 is 0 Å². The van der Waals surface area contributed by atoms with E-state index in [1.807, 2.05) is 13.8 Å². The number of ether oxygens (including phenoxy) is 2. The summed E-state index contributed by atoms with van der Waals surface area (Å²) in [7, 11) is 1.37. The lowest BCUT2D eigenvalue weighted by atomic mass is 9.48. The molecule has 0 atom stereocenters.